The molecule has 17 heavy (non-hydrogen) atoms. The molecule has 1 heteroatoms. The summed E-state index contributed by atoms with van der Waals surface area (Å²) in [5, 5.41) is 0. The van der Waals surface area contributed by atoms with Gasteiger partial charge >= 0.3 is 0 Å². The first-order valence-corrected chi connectivity index (χ1v) is 7.90. The zero-order valence-electron chi connectivity index (χ0n) is 12.5. The van der Waals surface area contributed by atoms with E-state index in [9.17, 15) is 0 Å². The van der Waals surface area contributed by atoms with E-state index in [0.29, 0.717) is 0 Å². The van der Waals surface area contributed by atoms with Gasteiger partial charge < -0.3 is 5.73 Å². The number of hydrogen-bond acceptors (Lipinski definition) is 1. The Morgan fingerprint density at radius 1 is 0.824 bits per heavy atom. The molecule has 0 heterocycles. The zero-order chi connectivity index (χ0) is 12.9. The van der Waals surface area contributed by atoms with Gasteiger partial charge in [0, 0.05) is 0 Å². The molecule has 2 N–H and O–H groups in total. The number of hydrogen-bond donors (Lipinski definition) is 1. The lowest BCUT2D eigenvalue weighted by Crippen LogP contribution is -2.16. The second kappa shape index (κ2) is 12.4. The van der Waals surface area contributed by atoms with Gasteiger partial charge in [0.05, 0.1) is 0 Å². The summed E-state index contributed by atoms with van der Waals surface area (Å²) in [5.74, 6) is 1.58. The summed E-state index contributed by atoms with van der Waals surface area (Å²) in [4.78, 5) is 0. The Morgan fingerprint density at radius 2 is 1.35 bits per heavy atom. The highest BCUT2D eigenvalue weighted by atomic mass is 14.5. The smallest absolute Gasteiger partial charge is 0.00488 e. The molecule has 0 saturated carbocycles. The molecule has 0 amide bonds. The Balaban J connectivity index is 3.25. The van der Waals surface area contributed by atoms with Crippen molar-refractivity contribution in [3.05, 3.63) is 0 Å². The second-order valence-electron chi connectivity index (χ2n) is 5.99. The zero-order valence-corrected chi connectivity index (χ0v) is 12.5. The van der Waals surface area contributed by atoms with Gasteiger partial charge in [-0.1, -0.05) is 72.1 Å². The van der Waals surface area contributed by atoms with Crippen molar-refractivity contribution in [1.29, 1.82) is 0 Å². The second-order valence-corrected chi connectivity index (χ2v) is 5.99. The van der Waals surface area contributed by atoms with Gasteiger partial charge in [-0.05, 0) is 31.2 Å². The van der Waals surface area contributed by atoms with Crippen molar-refractivity contribution < 1.29 is 0 Å². The average molecular weight is 241 g/mol. The van der Waals surface area contributed by atoms with Gasteiger partial charge in [0.2, 0.25) is 0 Å². The highest BCUT2D eigenvalue weighted by Crippen LogP contribution is 2.18. The van der Waals surface area contributed by atoms with E-state index in [4.69, 9.17) is 5.73 Å². The molecule has 1 unspecified atom stereocenters. The Bertz CT molecular complexity index is 142. The lowest BCUT2D eigenvalue weighted by molar-refractivity contribution is 0.378. The van der Waals surface area contributed by atoms with E-state index in [1.165, 1.54) is 64.2 Å². The van der Waals surface area contributed by atoms with Crippen LogP contribution in [0.2, 0.25) is 0 Å². The Morgan fingerprint density at radius 3 is 1.82 bits per heavy atom. The first-order valence-electron chi connectivity index (χ1n) is 7.90. The molecule has 0 aromatic heterocycles. The quantitative estimate of drug-likeness (QED) is 0.470. The molecule has 0 aromatic rings. The Labute approximate surface area is 110 Å². The van der Waals surface area contributed by atoms with Crippen LogP contribution < -0.4 is 5.73 Å². The van der Waals surface area contributed by atoms with Gasteiger partial charge in [-0.3, -0.25) is 0 Å². The molecule has 0 saturated heterocycles. The molecule has 0 aliphatic rings. The van der Waals surface area contributed by atoms with E-state index in [1.807, 2.05) is 0 Å². The molecule has 0 spiro atoms. The fourth-order valence-electron chi connectivity index (χ4n) is 2.57. The molecule has 0 aromatic carbocycles. The van der Waals surface area contributed by atoms with Crippen LogP contribution in [0.15, 0.2) is 0 Å². The SMILES string of the molecule is CCCCCCCCCCC(CN)CC(C)C. The van der Waals surface area contributed by atoms with Crippen LogP contribution >= 0.6 is 0 Å². The summed E-state index contributed by atoms with van der Waals surface area (Å²) in [6, 6.07) is 0. The molecule has 1 atom stereocenters. The molecule has 0 fully saturated rings. The topological polar surface area (TPSA) is 26.0 Å². The first kappa shape index (κ1) is 17.0. The predicted molar refractivity (Wildman–Crippen MR) is 79.2 cm³/mol. The molecule has 0 aliphatic heterocycles. The van der Waals surface area contributed by atoms with Crippen LogP contribution in [0.25, 0.3) is 0 Å². The summed E-state index contributed by atoms with van der Waals surface area (Å²) in [6.45, 7) is 7.77. The first-order chi connectivity index (χ1) is 8.20. The van der Waals surface area contributed by atoms with Crippen molar-refractivity contribution in [3.63, 3.8) is 0 Å². The summed E-state index contributed by atoms with van der Waals surface area (Å²) in [6.07, 6.45) is 14.0. The number of rotatable bonds is 12. The van der Waals surface area contributed by atoms with Crippen molar-refractivity contribution in [2.75, 3.05) is 6.54 Å². The lowest BCUT2D eigenvalue weighted by Gasteiger charge is -2.16. The van der Waals surface area contributed by atoms with Crippen LogP contribution in [-0.2, 0) is 0 Å². The van der Waals surface area contributed by atoms with E-state index in [1.54, 1.807) is 0 Å². The van der Waals surface area contributed by atoms with Crippen molar-refractivity contribution in [2.24, 2.45) is 17.6 Å². The lowest BCUT2D eigenvalue weighted by atomic mass is 9.92. The van der Waals surface area contributed by atoms with Crippen LogP contribution in [0.1, 0.15) is 85.0 Å². The van der Waals surface area contributed by atoms with Gasteiger partial charge in [0.1, 0.15) is 0 Å². The maximum absolute atomic E-state index is 5.82. The van der Waals surface area contributed by atoms with Crippen LogP contribution in [0.4, 0.5) is 0 Å². The Hall–Kier alpha value is -0.0400. The predicted octanol–water partition coefficient (Wildman–Crippen LogP) is 5.14. The monoisotopic (exact) mass is 241 g/mol. The highest BCUT2D eigenvalue weighted by molar-refractivity contribution is 4.62. The third-order valence-corrected chi connectivity index (χ3v) is 3.60. The fourth-order valence-corrected chi connectivity index (χ4v) is 2.57. The van der Waals surface area contributed by atoms with E-state index < -0.39 is 0 Å². The van der Waals surface area contributed by atoms with Crippen molar-refractivity contribution in [2.45, 2.75) is 85.0 Å². The van der Waals surface area contributed by atoms with Gasteiger partial charge in [-0.15, -0.1) is 0 Å². The maximum atomic E-state index is 5.82. The summed E-state index contributed by atoms with van der Waals surface area (Å²) in [5.41, 5.74) is 5.82. The Kier molecular flexibility index (Phi) is 12.4. The van der Waals surface area contributed by atoms with Crippen LogP contribution in [0, 0.1) is 11.8 Å². The summed E-state index contributed by atoms with van der Waals surface area (Å²) in [7, 11) is 0. The largest absolute Gasteiger partial charge is 0.330 e. The third kappa shape index (κ3) is 12.2. The minimum atomic E-state index is 0.773. The molecule has 104 valence electrons. The molecule has 1 nitrogen and oxygen atoms in total. The molecular formula is C16H35N. The van der Waals surface area contributed by atoms with E-state index >= 15 is 0 Å². The van der Waals surface area contributed by atoms with Crippen molar-refractivity contribution in [1.82, 2.24) is 0 Å². The van der Waals surface area contributed by atoms with E-state index in [0.717, 1.165) is 18.4 Å². The van der Waals surface area contributed by atoms with E-state index in [2.05, 4.69) is 20.8 Å². The van der Waals surface area contributed by atoms with E-state index in [-0.39, 0.29) is 0 Å². The fraction of sp³-hybridized carbons (Fsp3) is 1.00. The number of nitrogens with two attached hydrogens (primary N) is 1. The van der Waals surface area contributed by atoms with Crippen LogP contribution in [0.3, 0.4) is 0 Å². The normalized spacial score (nSPS) is 13.2. The van der Waals surface area contributed by atoms with Crippen LogP contribution in [0.5, 0.6) is 0 Å². The minimum Gasteiger partial charge on any atom is -0.330 e. The molecule has 0 bridgehead atoms. The highest BCUT2D eigenvalue weighted by Gasteiger charge is 2.08. The van der Waals surface area contributed by atoms with Gasteiger partial charge in [0.15, 0.2) is 0 Å². The summed E-state index contributed by atoms with van der Waals surface area (Å²) < 4.78 is 0. The standard InChI is InChI=1S/C16H35N/c1-4-5-6-7-8-9-10-11-12-16(14-17)13-15(2)3/h15-16H,4-14,17H2,1-3H3. The minimum absolute atomic E-state index is 0.773. The third-order valence-electron chi connectivity index (χ3n) is 3.60. The van der Waals surface area contributed by atoms with Gasteiger partial charge in [0.25, 0.3) is 0 Å². The van der Waals surface area contributed by atoms with Crippen molar-refractivity contribution >= 4 is 0 Å². The summed E-state index contributed by atoms with van der Waals surface area (Å²) >= 11 is 0. The average Bonchev–Trinajstić information content (AvgIpc) is 2.30. The molecule has 0 rings (SSSR count). The van der Waals surface area contributed by atoms with Crippen molar-refractivity contribution in [3.8, 4) is 0 Å². The van der Waals surface area contributed by atoms with Gasteiger partial charge in [-0.2, -0.15) is 0 Å². The molecule has 0 aliphatic carbocycles. The number of unbranched alkanes of at least 4 members (excludes halogenated alkanes) is 7. The maximum Gasteiger partial charge on any atom is -0.00488 e. The van der Waals surface area contributed by atoms with Crippen LogP contribution in [-0.4, -0.2) is 6.54 Å². The molecular weight excluding hydrogens is 206 g/mol. The molecule has 0 radical (unpaired) electrons. The van der Waals surface area contributed by atoms with Gasteiger partial charge in [-0.25, -0.2) is 0 Å².